The molecular formula is C19H16F4N4O2S2. The number of carbonyl (C=O) groups is 1. The lowest BCUT2D eigenvalue weighted by atomic mass is 10.2. The van der Waals surface area contributed by atoms with Gasteiger partial charge in [-0.25, -0.2) is 4.39 Å². The molecule has 164 valence electrons. The fourth-order valence-electron chi connectivity index (χ4n) is 2.30. The van der Waals surface area contributed by atoms with Crippen LogP contribution in [-0.2, 0) is 11.3 Å². The second-order valence-corrected chi connectivity index (χ2v) is 8.74. The van der Waals surface area contributed by atoms with Crippen LogP contribution >= 0.6 is 23.1 Å². The van der Waals surface area contributed by atoms with Crippen molar-refractivity contribution in [3.8, 4) is 5.75 Å². The highest BCUT2D eigenvalue weighted by atomic mass is 32.2. The van der Waals surface area contributed by atoms with Crippen LogP contribution in [-0.4, -0.2) is 27.7 Å². The molecule has 12 heteroatoms. The largest absolute Gasteiger partial charge is 0.573 e. The molecule has 2 N–H and O–H groups in total. The van der Waals surface area contributed by atoms with Crippen LogP contribution in [0.1, 0.15) is 12.5 Å². The molecule has 1 amide bonds. The predicted octanol–water partition coefficient (Wildman–Crippen LogP) is 5.31. The number of nitrogens with one attached hydrogen (secondary N) is 2. The molecule has 1 atom stereocenters. The summed E-state index contributed by atoms with van der Waals surface area (Å²) in [6.07, 6.45) is -4.77. The lowest BCUT2D eigenvalue weighted by Gasteiger charge is -2.12. The number of carbonyl (C=O) groups excluding carboxylic acids is 1. The standard InChI is InChI=1S/C19H16F4N4O2S2/c1-11(16(28)25-14-6-8-15(9-7-14)29-19(21,22)23)30-18-27-26-17(31-18)24-10-12-2-4-13(20)5-3-12/h2-9,11H,10H2,1H3,(H,24,26)(H,25,28). The summed E-state index contributed by atoms with van der Waals surface area (Å²) in [5, 5.41) is 13.8. The molecule has 0 saturated heterocycles. The van der Waals surface area contributed by atoms with Gasteiger partial charge in [0.15, 0.2) is 4.34 Å². The first-order valence-electron chi connectivity index (χ1n) is 8.83. The molecule has 6 nitrogen and oxygen atoms in total. The molecule has 2 aromatic carbocycles. The number of anilines is 2. The molecule has 0 spiro atoms. The van der Waals surface area contributed by atoms with E-state index >= 15 is 0 Å². The molecule has 31 heavy (non-hydrogen) atoms. The van der Waals surface area contributed by atoms with Crippen LogP contribution in [0.3, 0.4) is 0 Å². The minimum Gasteiger partial charge on any atom is -0.406 e. The highest BCUT2D eigenvalue weighted by molar-refractivity contribution is 8.02. The third-order valence-corrected chi connectivity index (χ3v) is 5.83. The molecule has 3 aromatic rings. The second-order valence-electron chi connectivity index (χ2n) is 6.17. The van der Waals surface area contributed by atoms with E-state index < -0.39 is 11.6 Å². The van der Waals surface area contributed by atoms with Gasteiger partial charge in [-0.3, -0.25) is 4.79 Å². The summed E-state index contributed by atoms with van der Waals surface area (Å²) in [5.41, 5.74) is 1.22. The Kier molecular flexibility index (Phi) is 7.33. The SMILES string of the molecule is CC(Sc1nnc(NCc2ccc(F)cc2)s1)C(=O)Nc1ccc(OC(F)(F)F)cc1. The maximum Gasteiger partial charge on any atom is 0.573 e. The van der Waals surface area contributed by atoms with Crippen LogP contribution in [0, 0.1) is 5.82 Å². The molecule has 1 unspecified atom stereocenters. The Morgan fingerprint density at radius 2 is 1.81 bits per heavy atom. The van der Waals surface area contributed by atoms with Crippen molar-refractivity contribution in [3.05, 3.63) is 59.9 Å². The van der Waals surface area contributed by atoms with Crippen LogP contribution in [0.4, 0.5) is 28.4 Å². The number of ether oxygens (including phenoxy) is 1. The van der Waals surface area contributed by atoms with Gasteiger partial charge in [-0.15, -0.1) is 23.4 Å². The number of hydrogen-bond donors (Lipinski definition) is 2. The minimum atomic E-state index is -4.77. The summed E-state index contributed by atoms with van der Waals surface area (Å²) >= 11 is 2.46. The van der Waals surface area contributed by atoms with Gasteiger partial charge in [0, 0.05) is 12.2 Å². The lowest BCUT2D eigenvalue weighted by Crippen LogP contribution is -2.22. The number of benzene rings is 2. The van der Waals surface area contributed by atoms with Gasteiger partial charge >= 0.3 is 6.36 Å². The molecule has 0 aliphatic carbocycles. The molecule has 0 fully saturated rings. The highest BCUT2D eigenvalue weighted by Gasteiger charge is 2.31. The van der Waals surface area contributed by atoms with Gasteiger partial charge < -0.3 is 15.4 Å². The van der Waals surface area contributed by atoms with Crippen molar-refractivity contribution in [1.29, 1.82) is 0 Å². The number of aromatic nitrogens is 2. The Bertz CT molecular complexity index is 1010. The molecule has 0 saturated carbocycles. The first-order chi connectivity index (χ1) is 14.7. The molecular weight excluding hydrogens is 456 g/mol. The molecule has 0 aliphatic heterocycles. The van der Waals surface area contributed by atoms with Gasteiger partial charge in [0.1, 0.15) is 11.6 Å². The van der Waals surface area contributed by atoms with Crippen molar-refractivity contribution >= 4 is 39.8 Å². The third-order valence-electron chi connectivity index (χ3n) is 3.77. The molecule has 3 rings (SSSR count). The maximum absolute atomic E-state index is 12.9. The van der Waals surface area contributed by atoms with E-state index in [0.29, 0.717) is 21.7 Å². The van der Waals surface area contributed by atoms with Crippen molar-refractivity contribution in [1.82, 2.24) is 10.2 Å². The molecule has 1 heterocycles. The van der Waals surface area contributed by atoms with E-state index in [-0.39, 0.29) is 17.5 Å². The summed E-state index contributed by atoms with van der Waals surface area (Å²) in [4.78, 5) is 12.3. The van der Waals surface area contributed by atoms with E-state index in [1.165, 1.54) is 47.4 Å². The van der Waals surface area contributed by atoms with Gasteiger partial charge in [0.25, 0.3) is 0 Å². The lowest BCUT2D eigenvalue weighted by molar-refractivity contribution is -0.274. The second kappa shape index (κ2) is 9.96. The van der Waals surface area contributed by atoms with E-state index in [0.717, 1.165) is 17.7 Å². The number of thioether (sulfide) groups is 1. The minimum absolute atomic E-state index is 0.309. The molecule has 1 aromatic heterocycles. The summed E-state index contributed by atoms with van der Waals surface area (Å²) in [7, 11) is 0. The van der Waals surface area contributed by atoms with E-state index in [1.807, 2.05) is 0 Å². The van der Waals surface area contributed by atoms with E-state index in [1.54, 1.807) is 19.1 Å². The fraction of sp³-hybridized carbons (Fsp3) is 0.211. The van der Waals surface area contributed by atoms with Gasteiger partial charge in [-0.2, -0.15) is 0 Å². The van der Waals surface area contributed by atoms with E-state index in [9.17, 15) is 22.4 Å². The van der Waals surface area contributed by atoms with Gasteiger partial charge in [-0.05, 0) is 48.9 Å². The van der Waals surface area contributed by atoms with Crippen molar-refractivity contribution in [2.45, 2.75) is 29.4 Å². The van der Waals surface area contributed by atoms with Crippen LogP contribution in [0.2, 0.25) is 0 Å². The predicted molar refractivity (Wildman–Crippen MR) is 111 cm³/mol. The van der Waals surface area contributed by atoms with E-state index in [2.05, 4.69) is 25.6 Å². The van der Waals surface area contributed by atoms with Crippen molar-refractivity contribution in [2.75, 3.05) is 10.6 Å². The van der Waals surface area contributed by atoms with Crippen LogP contribution in [0.25, 0.3) is 0 Å². The third kappa shape index (κ3) is 7.40. The van der Waals surface area contributed by atoms with Gasteiger partial charge in [0.05, 0.1) is 5.25 Å². The average Bonchev–Trinajstić information content (AvgIpc) is 3.15. The monoisotopic (exact) mass is 472 g/mol. The van der Waals surface area contributed by atoms with Gasteiger partial charge in [0.2, 0.25) is 11.0 Å². The Morgan fingerprint density at radius 1 is 1.13 bits per heavy atom. The summed E-state index contributed by atoms with van der Waals surface area (Å²) in [6.45, 7) is 2.12. The Balaban J connectivity index is 1.49. The molecule has 0 radical (unpaired) electrons. The smallest absolute Gasteiger partial charge is 0.406 e. The Morgan fingerprint density at radius 3 is 2.45 bits per heavy atom. The van der Waals surface area contributed by atoms with Gasteiger partial charge in [-0.1, -0.05) is 35.2 Å². The number of halogens is 4. The number of amides is 1. The van der Waals surface area contributed by atoms with Crippen LogP contribution in [0.15, 0.2) is 52.9 Å². The number of hydrogen-bond acceptors (Lipinski definition) is 7. The summed E-state index contributed by atoms with van der Waals surface area (Å²) in [6, 6.07) is 10.9. The maximum atomic E-state index is 12.9. The fourth-order valence-corrected chi connectivity index (χ4v) is 4.19. The molecule has 0 bridgehead atoms. The quantitative estimate of drug-likeness (QED) is 0.342. The normalized spacial score (nSPS) is 12.3. The molecule has 0 aliphatic rings. The Hall–Kier alpha value is -2.86. The van der Waals surface area contributed by atoms with Crippen molar-refractivity contribution in [2.24, 2.45) is 0 Å². The highest BCUT2D eigenvalue weighted by Crippen LogP contribution is 2.30. The summed E-state index contributed by atoms with van der Waals surface area (Å²) < 4.78 is 53.9. The van der Waals surface area contributed by atoms with Crippen LogP contribution in [0.5, 0.6) is 5.75 Å². The zero-order valence-electron chi connectivity index (χ0n) is 15.9. The topological polar surface area (TPSA) is 76.1 Å². The zero-order chi connectivity index (χ0) is 22.4. The summed E-state index contributed by atoms with van der Waals surface area (Å²) in [5.74, 6) is -1.02. The average molecular weight is 472 g/mol. The number of alkyl halides is 3. The number of nitrogens with zero attached hydrogens (tertiary/aromatic N) is 2. The zero-order valence-corrected chi connectivity index (χ0v) is 17.6. The van der Waals surface area contributed by atoms with Crippen molar-refractivity contribution in [3.63, 3.8) is 0 Å². The van der Waals surface area contributed by atoms with Crippen molar-refractivity contribution < 1.29 is 27.1 Å². The number of rotatable bonds is 8. The first kappa shape index (κ1) is 22.8. The Labute approximate surface area is 183 Å². The first-order valence-corrected chi connectivity index (χ1v) is 10.5. The van der Waals surface area contributed by atoms with Crippen LogP contribution < -0.4 is 15.4 Å². The van der Waals surface area contributed by atoms with E-state index in [4.69, 9.17) is 0 Å².